The summed E-state index contributed by atoms with van der Waals surface area (Å²) in [7, 11) is 0. The van der Waals surface area contributed by atoms with E-state index in [-0.39, 0.29) is 18.1 Å². The van der Waals surface area contributed by atoms with Gasteiger partial charge >= 0.3 is 0 Å². The zero-order valence-electron chi connectivity index (χ0n) is 22.8. The number of anilines is 1. The van der Waals surface area contributed by atoms with Gasteiger partial charge in [0.2, 0.25) is 5.91 Å². The summed E-state index contributed by atoms with van der Waals surface area (Å²) in [5.41, 5.74) is 11.7. The van der Waals surface area contributed by atoms with E-state index in [4.69, 9.17) is 33.7 Å². The average molecular weight is 557 g/mol. The Labute approximate surface area is 235 Å². The van der Waals surface area contributed by atoms with Crippen molar-refractivity contribution >= 4 is 46.2 Å². The monoisotopic (exact) mass is 555 g/mol. The van der Waals surface area contributed by atoms with Crippen molar-refractivity contribution in [3.8, 4) is 5.75 Å². The molecule has 38 heavy (non-hydrogen) atoms. The van der Waals surface area contributed by atoms with Crippen molar-refractivity contribution in [3.05, 3.63) is 68.8 Å². The Morgan fingerprint density at radius 2 is 1.89 bits per heavy atom. The molecular formula is C30H37Cl2N4O2+. The second-order valence-corrected chi connectivity index (χ2v) is 11.3. The van der Waals surface area contributed by atoms with Gasteiger partial charge in [-0.25, -0.2) is 0 Å². The number of hydrogen-bond donors (Lipinski definition) is 2. The predicted molar refractivity (Wildman–Crippen MR) is 156 cm³/mol. The van der Waals surface area contributed by atoms with Crippen LogP contribution in [0.1, 0.15) is 62.0 Å². The van der Waals surface area contributed by atoms with Crippen LogP contribution < -0.4 is 15.8 Å². The van der Waals surface area contributed by atoms with Crippen LogP contribution >= 0.6 is 23.2 Å². The lowest BCUT2D eigenvalue weighted by Crippen LogP contribution is -2.45. The lowest BCUT2D eigenvalue weighted by atomic mass is 10.0. The van der Waals surface area contributed by atoms with E-state index in [1.807, 2.05) is 58.9 Å². The van der Waals surface area contributed by atoms with Crippen LogP contribution in [-0.2, 0) is 4.79 Å². The van der Waals surface area contributed by atoms with Crippen LogP contribution in [-0.4, -0.2) is 53.0 Å². The molecular weight excluding hydrogens is 519 g/mol. The van der Waals surface area contributed by atoms with Crippen LogP contribution in [0.4, 0.5) is 5.69 Å². The third-order valence-electron chi connectivity index (χ3n) is 7.13. The number of hydrogen-bond acceptors (Lipinski definition) is 4. The maximum atomic E-state index is 12.1. The Hall–Kier alpha value is -2.76. The van der Waals surface area contributed by atoms with E-state index in [0.717, 1.165) is 53.8 Å². The number of nitrogens with zero attached hydrogens (tertiary/aromatic N) is 2. The molecule has 2 aliphatic heterocycles. The zero-order valence-corrected chi connectivity index (χ0v) is 24.3. The molecule has 3 N–H and O–H groups in total. The number of rotatable bonds is 8. The predicted octanol–water partition coefficient (Wildman–Crippen LogP) is 5.91. The summed E-state index contributed by atoms with van der Waals surface area (Å²) >= 11 is 13.0. The van der Waals surface area contributed by atoms with Gasteiger partial charge in [0.05, 0.1) is 28.9 Å². The number of likely N-dealkylation sites (tertiary alicyclic amines) is 1. The molecule has 6 nitrogen and oxygen atoms in total. The lowest BCUT2D eigenvalue weighted by molar-refractivity contribution is -0.496. The standard InChI is InChI=1S/C30H36Cl2N4O2/c1-18(2)34-27(37)17-35-11-9-24(10-12-35)36-13-8-22(16-36)23-14-20(4)30(33)26(15-23)38-21(5)28-25(31)7-6-19(3)29(28)32/h6-8,14-16,18,21,24H,9-12,17,33H2,1-5H3/p+1. The Kier molecular flexibility index (Phi) is 8.89. The van der Waals surface area contributed by atoms with Crippen LogP contribution in [0.25, 0.3) is 5.57 Å². The molecule has 2 heterocycles. The SMILES string of the molecule is Cc1cc(C2=C[N+](C3CCN(CC(=O)NC(C)C)CC3)=C=C2)cc(OC(C)c2c(Cl)ccc(C)c2Cl)c1N. The maximum absolute atomic E-state index is 12.1. The molecule has 0 aromatic heterocycles. The van der Waals surface area contributed by atoms with Gasteiger partial charge in [0.1, 0.15) is 11.9 Å². The Balaban J connectivity index is 1.45. The highest BCUT2D eigenvalue weighted by Gasteiger charge is 2.29. The number of amides is 1. The normalized spacial score (nSPS) is 16.9. The number of carbonyl (C=O) groups is 1. The molecule has 8 heteroatoms. The van der Waals surface area contributed by atoms with Crippen LogP contribution in [0.2, 0.25) is 10.0 Å². The minimum absolute atomic E-state index is 0.0891. The van der Waals surface area contributed by atoms with Crippen molar-refractivity contribution in [2.24, 2.45) is 0 Å². The quantitative estimate of drug-likeness (QED) is 0.313. The number of benzene rings is 2. The van der Waals surface area contributed by atoms with Gasteiger partial charge in [-0.3, -0.25) is 9.69 Å². The molecule has 1 saturated heterocycles. The van der Waals surface area contributed by atoms with E-state index in [1.54, 1.807) is 0 Å². The first-order chi connectivity index (χ1) is 18.0. The number of nitrogens with two attached hydrogens (primary N) is 1. The first kappa shape index (κ1) is 28.3. The minimum atomic E-state index is -0.379. The van der Waals surface area contributed by atoms with E-state index in [2.05, 4.69) is 32.9 Å². The summed E-state index contributed by atoms with van der Waals surface area (Å²) in [6, 6.07) is 8.30. The van der Waals surface area contributed by atoms with Gasteiger partial charge < -0.3 is 15.8 Å². The molecule has 202 valence electrons. The molecule has 0 radical (unpaired) electrons. The number of nitrogen functional groups attached to an aromatic ring is 1. The van der Waals surface area contributed by atoms with Gasteiger partial charge in [-0.2, -0.15) is 4.58 Å². The second kappa shape index (κ2) is 12.0. The van der Waals surface area contributed by atoms with Crippen molar-refractivity contribution < 1.29 is 14.1 Å². The van der Waals surface area contributed by atoms with Crippen LogP contribution in [0.15, 0.2) is 36.5 Å². The number of piperidine rings is 1. The lowest BCUT2D eigenvalue weighted by Gasteiger charge is -2.28. The van der Waals surface area contributed by atoms with Crippen molar-refractivity contribution in [1.29, 1.82) is 0 Å². The molecule has 1 unspecified atom stereocenters. The highest BCUT2D eigenvalue weighted by atomic mass is 35.5. The molecule has 2 aromatic carbocycles. The average Bonchev–Trinajstić information content (AvgIpc) is 3.35. The largest absolute Gasteiger partial charge is 0.484 e. The van der Waals surface area contributed by atoms with E-state index in [1.165, 1.54) is 0 Å². The van der Waals surface area contributed by atoms with Crippen molar-refractivity contribution in [3.63, 3.8) is 0 Å². The fraction of sp³-hybridized carbons (Fsp3) is 0.433. The highest BCUT2D eigenvalue weighted by Crippen LogP contribution is 2.38. The molecule has 1 atom stereocenters. The Morgan fingerprint density at radius 3 is 2.58 bits per heavy atom. The minimum Gasteiger partial charge on any atom is -0.484 e. The smallest absolute Gasteiger partial charge is 0.234 e. The van der Waals surface area contributed by atoms with Gasteiger partial charge in [0.25, 0.3) is 0 Å². The van der Waals surface area contributed by atoms with Crippen LogP contribution in [0, 0.1) is 13.8 Å². The van der Waals surface area contributed by atoms with E-state index in [0.29, 0.717) is 34.1 Å². The van der Waals surface area contributed by atoms with Crippen LogP contribution in [0.3, 0.4) is 0 Å². The number of allylic oxidation sites excluding steroid dienone is 2. The number of carbonyl (C=O) groups excluding carboxylic acids is 1. The van der Waals surface area contributed by atoms with Gasteiger partial charge in [-0.05, 0) is 69.5 Å². The van der Waals surface area contributed by atoms with E-state index >= 15 is 0 Å². The molecule has 0 saturated carbocycles. The number of halogens is 2. The summed E-state index contributed by atoms with van der Waals surface area (Å²) < 4.78 is 8.50. The number of aryl methyl sites for hydroxylation is 2. The fourth-order valence-electron chi connectivity index (χ4n) is 4.99. The third kappa shape index (κ3) is 6.44. The Morgan fingerprint density at radius 1 is 1.18 bits per heavy atom. The molecule has 2 aromatic rings. The molecule has 1 fully saturated rings. The second-order valence-electron chi connectivity index (χ2n) is 10.6. The highest BCUT2D eigenvalue weighted by molar-refractivity contribution is 6.36. The summed E-state index contributed by atoms with van der Waals surface area (Å²) in [6.07, 6.45) is 5.72. The topological polar surface area (TPSA) is 70.6 Å². The zero-order chi connectivity index (χ0) is 27.6. The first-order valence-corrected chi connectivity index (χ1v) is 13.9. The maximum Gasteiger partial charge on any atom is 0.234 e. The molecule has 2 aliphatic rings. The van der Waals surface area contributed by atoms with Crippen molar-refractivity contribution in [1.82, 2.24) is 10.2 Å². The van der Waals surface area contributed by atoms with Gasteiger partial charge in [-0.15, -0.1) is 0 Å². The van der Waals surface area contributed by atoms with Gasteiger partial charge in [0, 0.05) is 42.6 Å². The summed E-state index contributed by atoms with van der Waals surface area (Å²) in [6.45, 7) is 12.1. The fourth-order valence-corrected chi connectivity index (χ4v) is 5.67. The first-order valence-electron chi connectivity index (χ1n) is 13.2. The Bertz CT molecular complexity index is 1320. The molecule has 4 rings (SSSR count). The van der Waals surface area contributed by atoms with Crippen molar-refractivity contribution in [2.45, 2.75) is 65.6 Å². The van der Waals surface area contributed by atoms with Crippen LogP contribution in [0.5, 0.6) is 5.75 Å². The molecule has 0 bridgehead atoms. The molecule has 0 aliphatic carbocycles. The number of nitrogens with one attached hydrogen (secondary N) is 1. The summed E-state index contributed by atoms with van der Waals surface area (Å²) in [5.74, 6) is 4.10. The molecule has 0 spiro atoms. The van der Waals surface area contributed by atoms with Gasteiger partial charge in [-0.1, -0.05) is 29.3 Å². The summed E-state index contributed by atoms with van der Waals surface area (Å²) in [5, 5.41) is 4.15. The van der Waals surface area contributed by atoms with Crippen molar-refractivity contribution in [2.75, 3.05) is 25.4 Å². The molecule has 1 amide bonds. The van der Waals surface area contributed by atoms with Gasteiger partial charge in [0.15, 0.2) is 18.1 Å². The van der Waals surface area contributed by atoms with E-state index in [9.17, 15) is 4.79 Å². The summed E-state index contributed by atoms with van der Waals surface area (Å²) in [4.78, 5) is 14.3. The number of ether oxygens (including phenoxy) is 1. The third-order valence-corrected chi connectivity index (χ3v) is 7.96. The van der Waals surface area contributed by atoms with E-state index < -0.39 is 0 Å².